The number of thiophene rings is 1. The molecule has 1 fully saturated rings. The second-order valence-electron chi connectivity index (χ2n) is 7.03. The van der Waals surface area contributed by atoms with E-state index in [1.807, 2.05) is 6.07 Å². The van der Waals surface area contributed by atoms with E-state index in [1.165, 1.54) is 17.0 Å². The highest BCUT2D eigenvalue weighted by atomic mass is 32.2. The van der Waals surface area contributed by atoms with Gasteiger partial charge in [0.05, 0.1) is 5.69 Å². The molecule has 0 spiro atoms. The zero-order chi connectivity index (χ0) is 19.6. The topological polar surface area (TPSA) is 73.0 Å². The molecule has 0 bridgehead atoms. The molecule has 2 amide bonds. The van der Waals surface area contributed by atoms with E-state index in [1.54, 1.807) is 10.8 Å². The quantitative estimate of drug-likeness (QED) is 0.728. The SMILES string of the molecule is O=C1Nc2cscc2S(=O)(=O)N1CCCCN1CCN(c2ccccc2)CC1. The lowest BCUT2D eigenvalue weighted by Crippen LogP contribution is -2.47. The van der Waals surface area contributed by atoms with E-state index in [-0.39, 0.29) is 11.4 Å². The second-order valence-corrected chi connectivity index (χ2v) is 9.60. The van der Waals surface area contributed by atoms with Crippen molar-refractivity contribution >= 4 is 38.8 Å². The molecule has 0 atom stereocenters. The normalized spacial score (nSPS) is 19.4. The third kappa shape index (κ3) is 3.87. The number of fused-ring (bicyclic) bond motifs is 1. The molecule has 2 aromatic rings. The van der Waals surface area contributed by atoms with Gasteiger partial charge in [-0.15, -0.1) is 11.3 Å². The number of amides is 2. The van der Waals surface area contributed by atoms with Crippen LogP contribution in [0.2, 0.25) is 0 Å². The van der Waals surface area contributed by atoms with Crippen LogP contribution in [-0.2, 0) is 10.0 Å². The number of sulfonamides is 1. The highest BCUT2D eigenvalue weighted by molar-refractivity contribution is 7.90. The second kappa shape index (κ2) is 8.10. The molecule has 150 valence electrons. The third-order valence-corrected chi connectivity index (χ3v) is 7.96. The van der Waals surface area contributed by atoms with Crippen molar-refractivity contribution < 1.29 is 13.2 Å². The number of urea groups is 1. The van der Waals surface area contributed by atoms with Gasteiger partial charge in [-0.05, 0) is 31.5 Å². The highest BCUT2D eigenvalue weighted by Crippen LogP contribution is 2.33. The Hall–Kier alpha value is -2.10. The third-order valence-electron chi connectivity index (χ3n) is 5.24. The Morgan fingerprint density at radius 1 is 0.964 bits per heavy atom. The van der Waals surface area contributed by atoms with Crippen molar-refractivity contribution in [2.24, 2.45) is 0 Å². The van der Waals surface area contributed by atoms with Gasteiger partial charge in [-0.3, -0.25) is 4.90 Å². The van der Waals surface area contributed by atoms with Crippen molar-refractivity contribution in [2.75, 3.05) is 49.5 Å². The summed E-state index contributed by atoms with van der Waals surface area (Å²) in [5.41, 5.74) is 1.65. The summed E-state index contributed by atoms with van der Waals surface area (Å²) in [6.07, 6.45) is 1.52. The van der Waals surface area contributed by atoms with Crippen LogP contribution >= 0.6 is 11.3 Å². The average molecular weight is 421 g/mol. The predicted octanol–water partition coefficient (Wildman–Crippen LogP) is 2.89. The first-order chi connectivity index (χ1) is 13.6. The molecule has 7 nitrogen and oxygen atoms in total. The van der Waals surface area contributed by atoms with Crippen LogP contribution in [0.15, 0.2) is 46.0 Å². The van der Waals surface area contributed by atoms with Crippen LogP contribution in [0, 0.1) is 0 Å². The molecule has 2 aliphatic heterocycles. The summed E-state index contributed by atoms with van der Waals surface area (Å²) >= 11 is 1.28. The van der Waals surface area contributed by atoms with Crippen LogP contribution < -0.4 is 10.2 Å². The number of benzene rings is 1. The Bertz CT molecular complexity index is 922. The van der Waals surface area contributed by atoms with Gasteiger partial charge in [0.25, 0.3) is 10.0 Å². The molecule has 0 saturated carbocycles. The maximum Gasteiger partial charge on any atom is 0.335 e. The number of piperazine rings is 1. The fraction of sp³-hybridized carbons (Fsp3) is 0.421. The average Bonchev–Trinajstić information content (AvgIpc) is 3.18. The number of hydrogen-bond donors (Lipinski definition) is 1. The number of para-hydroxylation sites is 1. The summed E-state index contributed by atoms with van der Waals surface area (Å²) in [5.74, 6) is 0. The maximum absolute atomic E-state index is 12.6. The molecule has 28 heavy (non-hydrogen) atoms. The van der Waals surface area contributed by atoms with Crippen molar-refractivity contribution in [2.45, 2.75) is 17.7 Å². The van der Waals surface area contributed by atoms with Gasteiger partial charge in [0, 0.05) is 49.2 Å². The monoisotopic (exact) mass is 420 g/mol. The Kier molecular flexibility index (Phi) is 5.56. The molecular formula is C19H24N4O3S2. The molecule has 3 heterocycles. The van der Waals surface area contributed by atoms with Crippen molar-refractivity contribution in [1.82, 2.24) is 9.21 Å². The number of nitrogens with one attached hydrogen (secondary N) is 1. The zero-order valence-electron chi connectivity index (χ0n) is 15.6. The smallest absolute Gasteiger partial charge is 0.335 e. The van der Waals surface area contributed by atoms with Crippen molar-refractivity contribution in [3.8, 4) is 0 Å². The summed E-state index contributed by atoms with van der Waals surface area (Å²) in [6, 6.07) is 9.87. The summed E-state index contributed by atoms with van der Waals surface area (Å²) in [4.78, 5) is 17.2. The van der Waals surface area contributed by atoms with E-state index in [2.05, 4.69) is 39.4 Å². The Morgan fingerprint density at radius 3 is 2.43 bits per heavy atom. The predicted molar refractivity (Wildman–Crippen MR) is 112 cm³/mol. The van der Waals surface area contributed by atoms with E-state index in [0.717, 1.165) is 43.4 Å². The molecule has 1 N–H and O–H groups in total. The first-order valence-electron chi connectivity index (χ1n) is 9.48. The Morgan fingerprint density at radius 2 is 1.68 bits per heavy atom. The lowest BCUT2D eigenvalue weighted by Gasteiger charge is -2.36. The molecule has 0 radical (unpaired) electrons. The number of hydrogen-bond acceptors (Lipinski definition) is 6. The Balaban J connectivity index is 1.23. The summed E-state index contributed by atoms with van der Waals surface area (Å²) in [7, 11) is -3.72. The van der Waals surface area contributed by atoms with Gasteiger partial charge in [-0.2, -0.15) is 0 Å². The van der Waals surface area contributed by atoms with E-state index < -0.39 is 16.1 Å². The fourth-order valence-corrected chi connectivity index (χ4v) is 6.29. The molecule has 9 heteroatoms. The lowest BCUT2D eigenvalue weighted by molar-refractivity contribution is 0.230. The van der Waals surface area contributed by atoms with Crippen LogP contribution in [0.1, 0.15) is 12.8 Å². The van der Waals surface area contributed by atoms with Gasteiger partial charge >= 0.3 is 6.03 Å². The summed E-state index contributed by atoms with van der Waals surface area (Å²) in [6.45, 7) is 5.11. The number of carbonyl (C=O) groups is 1. The minimum absolute atomic E-state index is 0.203. The maximum atomic E-state index is 12.6. The van der Waals surface area contributed by atoms with Crippen LogP contribution in [-0.4, -0.2) is 62.9 Å². The van der Waals surface area contributed by atoms with E-state index in [9.17, 15) is 13.2 Å². The van der Waals surface area contributed by atoms with E-state index in [4.69, 9.17) is 0 Å². The number of anilines is 2. The minimum atomic E-state index is -3.72. The molecule has 2 aliphatic rings. The summed E-state index contributed by atoms with van der Waals surface area (Å²) in [5, 5.41) is 5.88. The molecule has 1 aromatic carbocycles. The van der Waals surface area contributed by atoms with Crippen LogP contribution in [0.5, 0.6) is 0 Å². The number of nitrogens with zero attached hydrogens (tertiary/aromatic N) is 3. The van der Waals surface area contributed by atoms with Gasteiger partial charge in [0.1, 0.15) is 4.90 Å². The fourth-order valence-electron chi connectivity index (χ4n) is 3.66. The van der Waals surface area contributed by atoms with Crippen LogP contribution in [0.25, 0.3) is 0 Å². The molecule has 0 unspecified atom stereocenters. The van der Waals surface area contributed by atoms with Crippen molar-refractivity contribution in [3.63, 3.8) is 0 Å². The van der Waals surface area contributed by atoms with Crippen molar-refractivity contribution in [1.29, 1.82) is 0 Å². The van der Waals surface area contributed by atoms with Gasteiger partial charge in [0.2, 0.25) is 0 Å². The molecule has 0 aliphatic carbocycles. The van der Waals surface area contributed by atoms with Crippen LogP contribution in [0.4, 0.5) is 16.2 Å². The molecular weight excluding hydrogens is 396 g/mol. The van der Waals surface area contributed by atoms with E-state index >= 15 is 0 Å². The largest absolute Gasteiger partial charge is 0.369 e. The standard InChI is InChI=1S/C19H24N4O3S2/c24-19-20-17-14-27-15-18(17)28(25,26)23(19)9-5-4-8-21-10-12-22(13-11-21)16-6-2-1-3-7-16/h1-3,6-7,14-15H,4-5,8-13H2,(H,20,24). The molecule has 1 saturated heterocycles. The molecule has 1 aromatic heterocycles. The highest BCUT2D eigenvalue weighted by Gasteiger charge is 2.36. The van der Waals surface area contributed by atoms with E-state index in [0.29, 0.717) is 12.1 Å². The van der Waals surface area contributed by atoms with Crippen LogP contribution in [0.3, 0.4) is 0 Å². The number of carbonyl (C=O) groups excluding carboxylic acids is 1. The summed E-state index contributed by atoms with van der Waals surface area (Å²) < 4.78 is 26.2. The lowest BCUT2D eigenvalue weighted by atomic mass is 10.2. The number of unbranched alkanes of at least 4 members (excludes halogenated alkanes) is 1. The Labute approximate surface area is 169 Å². The minimum Gasteiger partial charge on any atom is -0.369 e. The van der Waals surface area contributed by atoms with Gasteiger partial charge < -0.3 is 10.2 Å². The first kappa shape index (κ1) is 19.2. The number of rotatable bonds is 6. The van der Waals surface area contributed by atoms with Gasteiger partial charge in [0.15, 0.2) is 0 Å². The molecule has 4 rings (SSSR count). The zero-order valence-corrected chi connectivity index (χ0v) is 17.2. The van der Waals surface area contributed by atoms with Gasteiger partial charge in [-0.25, -0.2) is 17.5 Å². The first-order valence-corrected chi connectivity index (χ1v) is 11.9. The van der Waals surface area contributed by atoms with Gasteiger partial charge in [-0.1, -0.05) is 18.2 Å². The van der Waals surface area contributed by atoms with Crippen molar-refractivity contribution in [3.05, 3.63) is 41.1 Å².